The molecule has 0 aliphatic heterocycles. The predicted octanol–water partition coefficient (Wildman–Crippen LogP) is 5.01. The lowest BCUT2D eigenvalue weighted by Gasteiger charge is -2.11. The van der Waals surface area contributed by atoms with Crippen LogP contribution in [-0.2, 0) is 6.42 Å². The van der Waals surface area contributed by atoms with Gasteiger partial charge in [0, 0.05) is 58.8 Å². The van der Waals surface area contributed by atoms with Crippen LogP contribution in [0.5, 0.6) is 0 Å². The maximum absolute atomic E-state index is 9.22. The van der Waals surface area contributed by atoms with Crippen LogP contribution in [0.4, 0.5) is 5.69 Å². The number of allylic oxidation sites excluding steroid dienone is 2. The lowest BCUT2D eigenvalue weighted by atomic mass is 9.99. The average Bonchev–Trinajstić information content (AvgIpc) is 3.06. The van der Waals surface area contributed by atoms with Crippen molar-refractivity contribution in [1.29, 1.82) is 5.26 Å². The largest absolute Gasteiger partial charge is 0.398 e. The molecule has 4 N–H and O–H groups in total. The Bertz CT molecular complexity index is 1180. The molecule has 1 aromatic carbocycles. The molecule has 3 aromatic rings. The van der Waals surface area contributed by atoms with Crippen molar-refractivity contribution in [1.82, 2.24) is 15.3 Å². The molecule has 0 saturated carbocycles. The molecule has 0 spiro atoms. The number of nitrogens with zero attached hydrogens (tertiary/aromatic N) is 2. The van der Waals surface area contributed by atoms with E-state index in [9.17, 15) is 5.26 Å². The van der Waals surface area contributed by atoms with E-state index in [4.69, 9.17) is 5.73 Å². The summed E-state index contributed by atoms with van der Waals surface area (Å²) in [4.78, 5) is 7.80. The molecule has 156 valence electrons. The van der Waals surface area contributed by atoms with Gasteiger partial charge in [0.15, 0.2) is 0 Å². The van der Waals surface area contributed by atoms with Crippen LogP contribution in [-0.4, -0.2) is 16.5 Å². The molecule has 0 aliphatic carbocycles. The minimum Gasteiger partial charge on any atom is -0.398 e. The third kappa shape index (κ3) is 4.93. The van der Waals surface area contributed by atoms with Gasteiger partial charge in [-0.25, -0.2) is 0 Å². The molecule has 0 radical (unpaired) electrons. The first-order valence-corrected chi connectivity index (χ1v) is 10.1. The summed E-state index contributed by atoms with van der Waals surface area (Å²) in [5.41, 5.74) is 15.0. The van der Waals surface area contributed by atoms with Gasteiger partial charge in [-0.2, -0.15) is 5.26 Å². The molecule has 0 saturated heterocycles. The molecule has 0 bridgehead atoms. The van der Waals surface area contributed by atoms with E-state index in [0.29, 0.717) is 11.3 Å². The zero-order chi connectivity index (χ0) is 22.4. The average molecular weight is 410 g/mol. The van der Waals surface area contributed by atoms with Gasteiger partial charge in [-0.1, -0.05) is 25.3 Å². The zero-order valence-corrected chi connectivity index (χ0v) is 18.0. The molecular weight excluding hydrogens is 382 g/mol. The number of aryl methyl sites for hydroxylation is 1. The minimum absolute atomic E-state index is 0.558. The van der Waals surface area contributed by atoms with E-state index in [2.05, 4.69) is 41.4 Å². The zero-order valence-electron chi connectivity index (χ0n) is 18.0. The van der Waals surface area contributed by atoms with Gasteiger partial charge >= 0.3 is 0 Å². The second kappa shape index (κ2) is 9.64. The molecule has 31 heavy (non-hydrogen) atoms. The van der Waals surface area contributed by atoms with Crippen molar-refractivity contribution in [3.8, 4) is 6.07 Å². The molecule has 5 nitrogen and oxygen atoms in total. The molecule has 5 heteroatoms. The van der Waals surface area contributed by atoms with Crippen LogP contribution < -0.4 is 11.1 Å². The van der Waals surface area contributed by atoms with Crippen molar-refractivity contribution in [2.24, 2.45) is 0 Å². The van der Waals surface area contributed by atoms with Gasteiger partial charge in [-0.05, 0) is 61.4 Å². The Labute approximate surface area is 183 Å². The van der Waals surface area contributed by atoms with Crippen LogP contribution in [0.25, 0.3) is 17.3 Å². The molecular formula is C26H27N5. The number of hydrogen-bond acceptors (Lipinski definition) is 4. The quantitative estimate of drug-likeness (QED) is 0.360. The van der Waals surface area contributed by atoms with E-state index >= 15 is 0 Å². The number of H-pyrrole nitrogens is 1. The van der Waals surface area contributed by atoms with Gasteiger partial charge < -0.3 is 16.0 Å². The summed E-state index contributed by atoms with van der Waals surface area (Å²) in [6.45, 7) is 13.0. The first kappa shape index (κ1) is 21.7. The number of pyridine rings is 1. The number of nitriles is 1. The van der Waals surface area contributed by atoms with Crippen molar-refractivity contribution in [3.05, 3.63) is 101 Å². The Morgan fingerprint density at radius 2 is 2.10 bits per heavy atom. The molecule has 3 rings (SSSR count). The van der Waals surface area contributed by atoms with E-state index in [1.807, 2.05) is 31.2 Å². The Hall–Kier alpha value is -4.04. The first-order valence-electron chi connectivity index (χ1n) is 10.1. The van der Waals surface area contributed by atoms with Gasteiger partial charge in [-0.15, -0.1) is 0 Å². The van der Waals surface area contributed by atoms with Crippen molar-refractivity contribution in [3.63, 3.8) is 0 Å². The summed E-state index contributed by atoms with van der Waals surface area (Å²) in [6.07, 6.45) is 6.39. The second-order valence-corrected chi connectivity index (χ2v) is 7.36. The highest BCUT2D eigenvalue weighted by Crippen LogP contribution is 2.29. The smallest absolute Gasteiger partial charge is 0.0991 e. The van der Waals surface area contributed by atoms with Crippen molar-refractivity contribution in [2.75, 3.05) is 12.3 Å². The SMILES string of the molecule is C=C/C(=C\c1[nH]c(C)c(C(=C)NCCc2ccccn2)c1C)c1cc(C#N)ccc1N. The number of anilines is 1. The summed E-state index contributed by atoms with van der Waals surface area (Å²) in [5, 5.41) is 12.6. The number of nitrogen functional groups attached to an aromatic ring is 1. The topological polar surface area (TPSA) is 90.5 Å². The fraction of sp³-hybridized carbons (Fsp3) is 0.154. The lowest BCUT2D eigenvalue weighted by molar-refractivity contribution is 0.826. The third-order valence-electron chi connectivity index (χ3n) is 5.24. The molecule has 0 atom stereocenters. The highest BCUT2D eigenvalue weighted by Gasteiger charge is 2.14. The standard InChI is InChI=1S/C26H27N5/c1-5-21(23-14-20(16-27)9-10-24(23)28)15-25-17(2)26(19(4)31-25)18(3)29-13-11-22-8-6-7-12-30-22/h5-10,12,14-15,29,31H,1,3,11,13,28H2,2,4H3/b21-15+. The minimum atomic E-state index is 0.558. The number of nitrogens with two attached hydrogens (primary N) is 1. The number of nitrogens with one attached hydrogen (secondary N) is 2. The van der Waals surface area contributed by atoms with Gasteiger partial charge in [0.1, 0.15) is 0 Å². The Balaban J connectivity index is 1.84. The fourth-order valence-corrected chi connectivity index (χ4v) is 3.62. The normalized spacial score (nSPS) is 11.1. The summed E-state index contributed by atoms with van der Waals surface area (Å²) in [5.74, 6) is 0. The van der Waals surface area contributed by atoms with Crippen molar-refractivity contribution in [2.45, 2.75) is 20.3 Å². The number of aromatic amines is 1. The number of aromatic nitrogens is 2. The summed E-state index contributed by atoms with van der Waals surface area (Å²) >= 11 is 0. The third-order valence-corrected chi connectivity index (χ3v) is 5.24. The van der Waals surface area contributed by atoms with Crippen LogP contribution in [0.1, 0.15) is 39.3 Å². The predicted molar refractivity (Wildman–Crippen MR) is 129 cm³/mol. The van der Waals surface area contributed by atoms with Crippen molar-refractivity contribution < 1.29 is 0 Å². The molecule has 2 heterocycles. The number of hydrogen-bond donors (Lipinski definition) is 3. The van der Waals surface area contributed by atoms with Crippen LogP contribution in [0.3, 0.4) is 0 Å². The first-order chi connectivity index (χ1) is 14.9. The highest BCUT2D eigenvalue weighted by molar-refractivity contribution is 5.92. The van der Waals surface area contributed by atoms with Crippen molar-refractivity contribution >= 4 is 23.0 Å². The monoisotopic (exact) mass is 409 g/mol. The Morgan fingerprint density at radius 3 is 2.77 bits per heavy atom. The molecule has 0 unspecified atom stereocenters. The van der Waals surface area contributed by atoms with Gasteiger partial charge in [0.2, 0.25) is 0 Å². The fourth-order valence-electron chi connectivity index (χ4n) is 3.62. The molecule has 0 fully saturated rings. The molecule has 2 aromatic heterocycles. The van der Waals surface area contributed by atoms with Crippen LogP contribution in [0.2, 0.25) is 0 Å². The second-order valence-electron chi connectivity index (χ2n) is 7.36. The maximum Gasteiger partial charge on any atom is 0.0991 e. The van der Waals surface area contributed by atoms with Crippen LogP contribution in [0, 0.1) is 25.2 Å². The Morgan fingerprint density at radius 1 is 1.29 bits per heavy atom. The van der Waals surface area contributed by atoms with Gasteiger partial charge in [0.25, 0.3) is 0 Å². The van der Waals surface area contributed by atoms with E-state index < -0.39 is 0 Å². The van der Waals surface area contributed by atoms with Gasteiger partial charge in [0.05, 0.1) is 11.6 Å². The van der Waals surface area contributed by atoms with Gasteiger partial charge in [-0.3, -0.25) is 4.98 Å². The molecule has 0 amide bonds. The van der Waals surface area contributed by atoms with Crippen LogP contribution >= 0.6 is 0 Å². The number of rotatable bonds is 8. The summed E-state index contributed by atoms with van der Waals surface area (Å²) in [6, 6.07) is 13.3. The van der Waals surface area contributed by atoms with E-state index in [-0.39, 0.29) is 0 Å². The van der Waals surface area contributed by atoms with E-state index in [1.54, 1.807) is 30.5 Å². The molecule has 0 aliphatic rings. The summed E-state index contributed by atoms with van der Waals surface area (Å²) in [7, 11) is 0. The maximum atomic E-state index is 9.22. The van der Waals surface area contributed by atoms with E-state index in [1.165, 1.54) is 0 Å². The summed E-state index contributed by atoms with van der Waals surface area (Å²) < 4.78 is 0. The highest BCUT2D eigenvalue weighted by atomic mass is 14.9. The Kier molecular flexibility index (Phi) is 6.74. The number of benzene rings is 1. The van der Waals surface area contributed by atoms with Crippen LogP contribution in [0.15, 0.2) is 61.8 Å². The van der Waals surface area contributed by atoms with E-state index in [0.717, 1.165) is 58.0 Å². The lowest BCUT2D eigenvalue weighted by Crippen LogP contribution is -2.16.